The Labute approximate surface area is 81.9 Å². The second-order valence-corrected chi connectivity index (χ2v) is 3.71. The van der Waals surface area contributed by atoms with E-state index in [2.05, 4.69) is 0 Å². The number of benzene rings is 1. The van der Waals surface area contributed by atoms with Gasteiger partial charge < -0.3 is 5.73 Å². The predicted octanol–water partition coefficient (Wildman–Crippen LogP) is 2.00. The molecule has 0 saturated heterocycles. The molecule has 0 spiro atoms. The van der Waals surface area contributed by atoms with Gasteiger partial charge >= 0.3 is 0 Å². The van der Waals surface area contributed by atoms with Crippen molar-refractivity contribution in [3.63, 3.8) is 0 Å². The largest absolute Gasteiger partial charge is 0.324 e. The van der Waals surface area contributed by atoms with Crippen molar-refractivity contribution in [2.75, 3.05) is 0 Å². The van der Waals surface area contributed by atoms with Crippen molar-refractivity contribution in [3.05, 3.63) is 39.9 Å². The number of hydrogen-bond acceptors (Lipinski definition) is 3. The van der Waals surface area contributed by atoms with Crippen LogP contribution in [0.25, 0.3) is 0 Å². The van der Waals surface area contributed by atoms with Crippen molar-refractivity contribution < 1.29 is 4.92 Å². The molecule has 1 fully saturated rings. The van der Waals surface area contributed by atoms with Crippen molar-refractivity contribution in [2.24, 2.45) is 11.7 Å². The van der Waals surface area contributed by atoms with E-state index in [1.165, 1.54) is 25.0 Å². The van der Waals surface area contributed by atoms with Gasteiger partial charge in [0.2, 0.25) is 0 Å². The molecule has 1 saturated carbocycles. The maximum absolute atomic E-state index is 10.4. The number of non-ortho nitro benzene ring substituents is 1. The minimum atomic E-state index is -0.396. The first-order valence-electron chi connectivity index (χ1n) is 4.68. The first-order chi connectivity index (χ1) is 6.68. The van der Waals surface area contributed by atoms with Crippen LogP contribution in [0.4, 0.5) is 5.69 Å². The molecule has 0 aliphatic heterocycles. The molecule has 1 aliphatic rings. The quantitative estimate of drug-likeness (QED) is 0.588. The summed E-state index contributed by atoms with van der Waals surface area (Å²) in [6, 6.07) is 6.58. The molecule has 74 valence electrons. The summed E-state index contributed by atoms with van der Waals surface area (Å²) in [4.78, 5) is 10.0. The number of rotatable bonds is 3. The predicted molar refractivity (Wildman–Crippen MR) is 52.7 cm³/mol. The Balaban J connectivity index is 2.16. The van der Waals surface area contributed by atoms with Crippen molar-refractivity contribution in [2.45, 2.75) is 18.9 Å². The number of nitro groups is 1. The minimum absolute atomic E-state index is 0.0517. The average Bonchev–Trinajstić information content (AvgIpc) is 3.00. The second kappa shape index (κ2) is 3.38. The lowest BCUT2D eigenvalue weighted by Crippen LogP contribution is -2.11. The smallest absolute Gasteiger partial charge is 0.269 e. The summed E-state index contributed by atoms with van der Waals surface area (Å²) in [6.07, 6.45) is 2.36. The Morgan fingerprint density at radius 3 is 2.36 bits per heavy atom. The van der Waals surface area contributed by atoms with E-state index >= 15 is 0 Å². The SMILES string of the molecule is N[C@H](c1ccc([N+](=O)[O-])cc1)C1CC1. The molecule has 1 aromatic carbocycles. The fraction of sp³-hybridized carbons (Fsp3) is 0.400. The van der Waals surface area contributed by atoms with Crippen LogP contribution >= 0.6 is 0 Å². The first kappa shape index (κ1) is 9.15. The number of hydrogen-bond donors (Lipinski definition) is 1. The zero-order chi connectivity index (χ0) is 10.1. The van der Waals surface area contributed by atoms with Gasteiger partial charge in [-0.3, -0.25) is 10.1 Å². The van der Waals surface area contributed by atoms with Crippen LogP contribution in [-0.2, 0) is 0 Å². The van der Waals surface area contributed by atoms with E-state index in [0.717, 1.165) is 5.56 Å². The van der Waals surface area contributed by atoms with Crippen LogP contribution < -0.4 is 5.73 Å². The van der Waals surface area contributed by atoms with Crippen LogP contribution in [0.15, 0.2) is 24.3 Å². The Hall–Kier alpha value is -1.42. The van der Waals surface area contributed by atoms with E-state index < -0.39 is 4.92 Å². The van der Waals surface area contributed by atoms with Gasteiger partial charge in [-0.2, -0.15) is 0 Å². The molecule has 0 aromatic heterocycles. The van der Waals surface area contributed by atoms with E-state index in [-0.39, 0.29) is 11.7 Å². The highest BCUT2D eigenvalue weighted by Gasteiger charge is 2.29. The summed E-state index contributed by atoms with van der Waals surface area (Å²) >= 11 is 0. The van der Waals surface area contributed by atoms with Crippen LogP contribution in [0, 0.1) is 16.0 Å². The van der Waals surface area contributed by atoms with E-state index in [1.54, 1.807) is 12.1 Å². The van der Waals surface area contributed by atoms with E-state index in [9.17, 15) is 10.1 Å². The number of nitrogens with two attached hydrogens (primary N) is 1. The Morgan fingerprint density at radius 2 is 1.93 bits per heavy atom. The molecule has 1 atom stereocenters. The van der Waals surface area contributed by atoms with Gasteiger partial charge in [-0.05, 0) is 24.3 Å². The lowest BCUT2D eigenvalue weighted by Gasteiger charge is -2.09. The molecule has 0 amide bonds. The van der Waals surface area contributed by atoms with Crippen molar-refractivity contribution in [1.82, 2.24) is 0 Å². The monoisotopic (exact) mass is 192 g/mol. The van der Waals surface area contributed by atoms with Crippen molar-refractivity contribution in [1.29, 1.82) is 0 Å². The number of nitrogens with zero attached hydrogens (tertiary/aromatic N) is 1. The molecule has 1 aromatic rings. The molecule has 14 heavy (non-hydrogen) atoms. The summed E-state index contributed by atoms with van der Waals surface area (Å²) in [5.41, 5.74) is 7.08. The molecule has 0 radical (unpaired) electrons. The molecule has 0 heterocycles. The highest BCUT2D eigenvalue weighted by molar-refractivity contribution is 5.34. The Morgan fingerprint density at radius 1 is 1.36 bits per heavy atom. The van der Waals surface area contributed by atoms with Crippen LogP contribution in [0.3, 0.4) is 0 Å². The van der Waals surface area contributed by atoms with Crippen LogP contribution in [0.5, 0.6) is 0 Å². The van der Waals surface area contributed by atoms with Gasteiger partial charge in [0, 0.05) is 18.2 Å². The normalized spacial score (nSPS) is 17.8. The zero-order valence-corrected chi connectivity index (χ0v) is 7.72. The van der Waals surface area contributed by atoms with Crippen LogP contribution in [-0.4, -0.2) is 4.92 Å². The number of nitro benzene ring substituents is 1. The average molecular weight is 192 g/mol. The molecule has 0 bridgehead atoms. The van der Waals surface area contributed by atoms with Crippen LogP contribution in [0.1, 0.15) is 24.4 Å². The summed E-state index contributed by atoms with van der Waals surface area (Å²) < 4.78 is 0. The third-order valence-electron chi connectivity index (χ3n) is 2.62. The lowest BCUT2D eigenvalue weighted by molar-refractivity contribution is -0.384. The molecule has 2 N–H and O–H groups in total. The molecule has 4 nitrogen and oxygen atoms in total. The minimum Gasteiger partial charge on any atom is -0.324 e. The third-order valence-corrected chi connectivity index (χ3v) is 2.62. The fourth-order valence-electron chi connectivity index (χ4n) is 1.55. The zero-order valence-electron chi connectivity index (χ0n) is 7.72. The van der Waals surface area contributed by atoms with Crippen molar-refractivity contribution >= 4 is 5.69 Å². The second-order valence-electron chi connectivity index (χ2n) is 3.71. The third kappa shape index (κ3) is 1.75. The molecule has 2 rings (SSSR count). The molecule has 0 unspecified atom stereocenters. The molecule has 4 heteroatoms. The Bertz CT molecular complexity index is 344. The molecular weight excluding hydrogens is 180 g/mol. The van der Waals surface area contributed by atoms with Gasteiger partial charge in [-0.15, -0.1) is 0 Å². The Kier molecular flexibility index (Phi) is 2.21. The van der Waals surface area contributed by atoms with Gasteiger partial charge in [0.1, 0.15) is 0 Å². The standard InChI is InChI=1S/C10H12N2O2/c11-10(7-1-2-7)8-3-5-9(6-4-8)12(13)14/h3-7,10H,1-2,11H2/t10-/m0/s1. The lowest BCUT2D eigenvalue weighted by atomic mass is 10.0. The van der Waals surface area contributed by atoms with Crippen LogP contribution in [0.2, 0.25) is 0 Å². The summed E-state index contributed by atoms with van der Waals surface area (Å²) in [6.45, 7) is 0. The van der Waals surface area contributed by atoms with Gasteiger partial charge in [-0.25, -0.2) is 0 Å². The van der Waals surface area contributed by atoms with E-state index in [0.29, 0.717) is 5.92 Å². The summed E-state index contributed by atoms with van der Waals surface area (Å²) in [5.74, 6) is 0.580. The highest BCUT2D eigenvalue weighted by atomic mass is 16.6. The summed E-state index contributed by atoms with van der Waals surface area (Å²) in [5, 5.41) is 10.4. The topological polar surface area (TPSA) is 69.2 Å². The molecular formula is C10H12N2O2. The van der Waals surface area contributed by atoms with E-state index in [4.69, 9.17) is 5.73 Å². The van der Waals surface area contributed by atoms with E-state index in [1.807, 2.05) is 0 Å². The van der Waals surface area contributed by atoms with Crippen molar-refractivity contribution in [3.8, 4) is 0 Å². The first-order valence-corrected chi connectivity index (χ1v) is 4.68. The van der Waals surface area contributed by atoms with Gasteiger partial charge in [0.25, 0.3) is 5.69 Å². The maximum atomic E-state index is 10.4. The highest BCUT2D eigenvalue weighted by Crippen LogP contribution is 2.39. The van der Waals surface area contributed by atoms with Gasteiger partial charge in [-0.1, -0.05) is 12.1 Å². The summed E-state index contributed by atoms with van der Waals surface area (Å²) in [7, 11) is 0. The van der Waals surface area contributed by atoms with Gasteiger partial charge in [0.15, 0.2) is 0 Å². The van der Waals surface area contributed by atoms with Gasteiger partial charge in [0.05, 0.1) is 4.92 Å². The molecule has 1 aliphatic carbocycles. The fourth-order valence-corrected chi connectivity index (χ4v) is 1.55. The maximum Gasteiger partial charge on any atom is 0.269 e.